The van der Waals surface area contributed by atoms with Crippen LogP contribution in [-0.2, 0) is 20.1 Å². The molecule has 1 aliphatic heterocycles. The van der Waals surface area contributed by atoms with Gasteiger partial charge in [-0.3, -0.25) is 9.59 Å². The number of carbonyl (C=O) groups excluding carboxylic acids is 1. The van der Waals surface area contributed by atoms with Gasteiger partial charge in [-0.1, -0.05) is 12.1 Å². The van der Waals surface area contributed by atoms with Crippen molar-refractivity contribution in [2.75, 3.05) is 36.2 Å². The summed E-state index contributed by atoms with van der Waals surface area (Å²) in [4.78, 5) is 29.0. The number of benzene rings is 2. The molecule has 2 heterocycles. The molecule has 0 spiro atoms. The van der Waals surface area contributed by atoms with E-state index in [1.54, 1.807) is 24.2 Å². The van der Waals surface area contributed by atoms with Crippen molar-refractivity contribution in [1.29, 1.82) is 0 Å². The van der Waals surface area contributed by atoms with Crippen LogP contribution in [0.1, 0.15) is 21.5 Å². The average Bonchev–Trinajstić information content (AvgIpc) is 2.76. The van der Waals surface area contributed by atoms with Gasteiger partial charge in [0, 0.05) is 56.3 Å². The number of aliphatic hydroxyl groups excluding tert-OH is 1. The number of aliphatic hydroxyl groups is 1. The second kappa shape index (κ2) is 7.92. The third-order valence-electron chi connectivity index (χ3n) is 5.81. The summed E-state index contributed by atoms with van der Waals surface area (Å²) in [6.45, 7) is 0.277. The molecule has 7 nitrogen and oxygen atoms in total. The van der Waals surface area contributed by atoms with Crippen molar-refractivity contribution in [2.24, 2.45) is 7.05 Å². The quantitative estimate of drug-likeness (QED) is 0.679. The number of nitrogens with two attached hydrogens (primary N) is 1. The topological polar surface area (TPSA) is 91.8 Å². The van der Waals surface area contributed by atoms with Gasteiger partial charge < -0.3 is 25.2 Å². The van der Waals surface area contributed by atoms with Crippen LogP contribution < -0.4 is 21.1 Å². The summed E-state index contributed by atoms with van der Waals surface area (Å²) in [7, 11) is 5.59. The highest BCUT2D eigenvalue weighted by atomic mass is 16.3. The standard InChI is InChI=1S/C24H26N4O3/c1-26(2)17-7-8-19-15(11-17)9-10-28(23(19)30)22-6-4-5-18(20(22)14-29)16-12-21(25)24(31)27(3)13-16/h4-8,11-13,29H,9-10,14,25H2,1-3H3. The molecule has 31 heavy (non-hydrogen) atoms. The molecule has 1 amide bonds. The van der Waals surface area contributed by atoms with Crippen LogP contribution in [-0.4, -0.2) is 36.2 Å². The van der Waals surface area contributed by atoms with E-state index in [2.05, 4.69) is 6.07 Å². The molecule has 2 aromatic carbocycles. The summed E-state index contributed by atoms with van der Waals surface area (Å²) >= 11 is 0. The maximum absolute atomic E-state index is 13.3. The summed E-state index contributed by atoms with van der Waals surface area (Å²) in [5.41, 5.74) is 11.3. The van der Waals surface area contributed by atoms with Gasteiger partial charge in [0.15, 0.2) is 0 Å². The number of amides is 1. The lowest BCUT2D eigenvalue weighted by atomic mass is 9.94. The molecule has 3 aromatic rings. The van der Waals surface area contributed by atoms with Gasteiger partial charge in [0.2, 0.25) is 0 Å². The lowest BCUT2D eigenvalue weighted by molar-refractivity contribution is 0.0980. The van der Waals surface area contributed by atoms with Crippen molar-refractivity contribution in [1.82, 2.24) is 4.57 Å². The van der Waals surface area contributed by atoms with Crippen molar-refractivity contribution < 1.29 is 9.90 Å². The molecule has 1 aliphatic rings. The minimum atomic E-state index is -0.273. The van der Waals surface area contributed by atoms with E-state index in [1.165, 1.54) is 4.57 Å². The van der Waals surface area contributed by atoms with E-state index in [-0.39, 0.29) is 23.8 Å². The number of pyridine rings is 1. The Kier molecular flexibility index (Phi) is 5.29. The number of aromatic nitrogens is 1. The van der Waals surface area contributed by atoms with Crippen molar-refractivity contribution in [3.63, 3.8) is 0 Å². The number of hydrogen-bond acceptors (Lipinski definition) is 5. The van der Waals surface area contributed by atoms with Crippen LogP contribution in [0.5, 0.6) is 0 Å². The van der Waals surface area contributed by atoms with Gasteiger partial charge in [0.05, 0.1) is 18.0 Å². The number of carbonyl (C=O) groups is 1. The van der Waals surface area contributed by atoms with Crippen molar-refractivity contribution >= 4 is 23.0 Å². The van der Waals surface area contributed by atoms with E-state index in [0.717, 1.165) is 23.2 Å². The summed E-state index contributed by atoms with van der Waals surface area (Å²) in [5.74, 6) is -0.0848. The molecular formula is C24H26N4O3. The third kappa shape index (κ3) is 3.57. The Morgan fingerprint density at radius 2 is 1.87 bits per heavy atom. The smallest absolute Gasteiger partial charge is 0.273 e. The van der Waals surface area contributed by atoms with Crippen LogP contribution in [0.15, 0.2) is 53.5 Å². The number of anilines is 3. The monoisotopic (exact) mass is 418 g/mol. The SMILES string of the molecule is CN(C)c1ccc2c(c1)CCN(c1cccc(-c3cc(N)c(=O)n(C)c3)c1CO)C2=O. The first-order chi connectivity index (χ1) is 14.8. The first kappa shape index (κ1) is 20.7. The molecular weight excluding hydrogens is 392 g/mol. The summed E-state index contributed by atoms with van der Waals surface area (Å²) in [5, 5.41) is 10.2. The first-order valence-electron chi connectivity index (χ1n) is 10.1. The van der Waals surface area contributed by atoms with E-state index >= 15 is 0 Å². The van der Waals surface area contributed by atoms with Gasteiger partial charge in [-0.2, -0.15) is 0 Å². The van der Waals surface area contributed by atoms with Crippen LogP contribution in [0, 0.1) is 0 Å². The molecule has 160 valence electrons. The zero-order valence-electron chi connectivity index (χ0n) is 17.9. The van der Waals surface area contributed by atoms with Gasteiger partial charge in [0.25, 0.3) is 11.5 Å². The molecule has 0 saturated heterocycles. The summed E-state index contributed by atoms with van der Waals surface area (Å²) in [6, 6.07) is 13.0. The molecule has 0 bridgehead atoms. The molecule has 0 atom stereocenters. The second-order valence-electron chi connectivity index (χ2n) is 8.00. The molecule has 3 N–H and O–H groups in total. The predicted octanol–water partition coefficient (Wildman–Crippen LogP) is 2.40. The van der Waals surface area contributed by atoms with Crippen LogP contribution in [0.4, 0.5) is 17.1 Å². The molecule has 0 aliphatic carbocycles. The highest BCUT2D eigenvalue weighted by Gasteiger charge is 2.28. The van der Waals surface area contributed by atoms with Gasteiger partial charge in [-0.25, -0.2) is 0 Å². The lowest BCUT2D eigenvalue weighted by Gasteiger charge is -2.31. The molecule has 1 aromatic heterocycles. The van der Waals surface area contributed by atoms with Crippen LogP contribution in [0.25, 0.3) is 11.1 Å². The number of rotatable bonds is 4. The number of nitrogen functional groups attached to an aromatic ring is 1. The highest BCUT2D eigenvalue weighted by molar-refractivity contribution is 6.09. The fourth-order valence-electron chi connectivity index (χ4n) is 4.13. The second-order valence-corrected chi connectivity index (χ2v) is 8.00. The zero-order chi connectivity index (χ0) is 22.3. The third-order valence-corrected chi connectivity index (χ3v) is 5.81. The Labute approximate surface area is 181 Å². The van der Waals surface area contributed by atoms with E-state index in [1.807, 2.05) is 49.3 Å². The van der Waals surface area contributed by atoms with Crippen LogP contribution in [0.2, 0.25) is 0 Å². The number of aryl methyl sites for hydroxylation is 1. The van der Waals surface area contributed by atoms with Crippen molar-refractivity contribution in [2.45, 2.75) is 13.0 Å². The Hall–Kier alpha value is -3.58. The Bertz CT molecular complexity index is 1200. The molecule has 0 fully saturated rings. The molecule has 4 rings (SSSR count). The van der Waals surface area contributed by atoms with Crippen molar-refractivity contribution in [3.8, 4) is 11.1 Å². The fourth-order valence-corrected chi connectivity index (χ4v) is 4.13. The minimum Gasteiger partial charge on any atom is -0.394 e. The maximum Gasteiger partial charge on any atom is 0.273 e. The largest absolute Gasteiger partial charge is 0.394 e. The maximum atomic E-state index is 13.3. The van der Waals surface area contributed by atoms with E-state index < -0.39 is 0 Å². The van der Waals surface area contributed by atoms with Crippen LogP contribution >= 0.6 is 0 Å². The van der Waals surface area contributed by atoms with E-state index in [4.69, 9.17) is 5.73 Å². The number of fused-ring (bicyclic) bond motifs is 1. The van der Waals surface area contributed by atoms with Crippen LogP contribution in [0.3, 0.4) is 0 Å². The summed E-state index contributed by atoms with van der Waals surface area (Å²) < 4.78 is 1.42. The normalized spacial score (nSPS) is 13.3. The highest BCUT2D eigenvalue weighted by Crippen LogP contribution is 2.35. The molecule has 7 heteroatoms. The van der Waals surface area contributed by atoms with Crippen molar-refractivity contribution in [3.05, 3.63) is 75.7 Å². The first-order valence-corrected chi connectivity index (χ1v) is 10.1. The van der Waals surface area contributed by atoms with Gasteiger partial charge in [-0.05, 0) is 47.9 Å². The fraction of sp³-hybridized carbons (Fsp3) is 0.250. The molecule has 0 radical (unpaired) electrons. The molecule has 0 saturated carbocycles. The average molecular weight is 418 g/mol. The number of hydrogen-bond donors (Lipinski definition) is 2. The number of nitrogens with zero attached hydrogens (tertiary/aromatic N) is 3. The lowest BCUT2D eigenvalue weighted by Crippen LogP contribution is -2.38. The van der Waals surface area contributed by atoms with E-state index in [9.17, 15) is 14.7 Å². The van der Waals surface area contributed by atoms with Gasteiger partial charge in [0.1, 0.15) is 0 Å². The Balaban J connectivity index is 1.78. The summed E-state index contributed by atoms with van der Waals surface area (Å²) in [6.07, 6.45) is 2.41. The zero-order valence-corrected chi connectivity index (χ0v) is 17.9. The molecule has 0 unspecified atom stereocenters. The van der Waals surface area contributed by atoms with Gasteiger partial charge in [-0.15, -0.1) is 0 Å². The Morgan fingerprint density at radius 3 is 2.55 bits per heavy atom. The Morgan fingerprint density at radius 1 is 1.10 bits per heavy atom. The predicted molar refractivity (Wildman–Crippen MR) is 124 cm³/mol. The van der Waals surface area contributed by atoms with E-state index in [0.29, 0.717) is 28.9 Å². The van der Waals surface area contributed by atoms with Gasteiger partial charge >= 0.3 is 0 Å². The minimum absolute atomic E-state index is 0.0848.